The van der Waals surface area contributed by atoms with Crippen LogP contribution in [0.4, 0.5) is 39.5 Å². The molecule has 3 aromatic rings. The Morgan fingerprint density at radius 1 is 0.827 bits per heavy atom. The molecule has 1 aromatic heterocycles. The molecule has 0 bridgehead atoms. The van der Waals surface area contributed by atoms with E-state index in [0.717, 1.165) is 31.4 Å². The van der Waals surface area contributed by atoms with Crippen molar-refractivity contribution in [3.8, 4) is 16.9 Å². The summed E-state index contributed by atoms with van der Waals surface area (Å²) in [5.74, 6) is -21.3. The lowest BCUT2D eigenvalue weighted by atomic mass is 9.72. The van der Waals surface area contributed by atoms with E-state index in [1.54, 1.807) is 47.6 Å². The quantitative estimate of drug-likeness (QED) is 0.0504. The van der Waals surface area contributed by atoms with Crippen LogP contribution >= 0.6 is 11.8 Å². The van der Waals surface area contributed by atoms with Crippen LogP contribution in [-0.4, -0.2) is 42.5 Å². The van der Waals surface area contributed by atoms with E-state index in [9.17, 15) is 49.1 Å². The molecular formula is C37H43F9O5S. The molecule has 0 spiro atoms. The number of ether oxygens (including phenoxy) is 2. The van der Waals surface area contributed by atoms with Crippen LogP contribution in [0.1, 0.15) is 79.7 Å². The second kappa shape index (κ2) is 15.9. The zero-order valence-corrected chi connectivity index (χ0v) is 30.7. The number of thioether (sulfide) groups is 1. The van der Waals surface area contributed by atoms with E-state index >= 15 is 0 Å². The minimum atomic E-state index is -5.94. The first-order valence-electron chi connectivity index (χ1n) is 16.6. The average molecular weight is 771 g/mol. The molecule has 3 rings (SSSR count). The first-order chi connectivity index (χ1) is 23.7. The van der Waals surface area contributed by atoms with Crippen molar-refractivity contribution in [2.45, 2.75) is 110 Å². The van der Waals surface area contributed by atoms with Gasteiger partial charge in [0, 0.05) is 15.8 Å². The van der Waals surface area contributed by atoms with E-state index < -0.39 is 70.6 Å². The SMILES string of the molecule is CCCCCc1ccc(-c2cc3ccc(SCC(F)(F)C(F)(F)C(F)(F)COC(=O)C(CC(C)(C)C)C(C)(C)C)cc3oc2=O)c(OC(F)(F)F)c1. The van der Waals surface area contributed by atoms with Gasteiger partial charge in [-0.1, -0.05) is 79.5 Å². The van der Waals surface area contributed by atoms with Gasteiger partial charge in [-0.05, 0) is 59.9 Å². The third kappa shape index (κ3) is 11.1. The van der Waals surface area contributed by atoms with Crippen molar-refractivity contribution >= 4 is 28.7 Å². The molecule has 0 saturated heterocycles. The predicted molar refractivity (Wildman–Crippen MR) is 181 cm³/mol. The highest BCUT2D eigenvalue weighted by Crippen LogP contribution is 2.48. The maximum atomic E-state index is 14.8. The van der Waals surface area contributed by atoms with Gasteiger partial charge in [0.05, 0.1) is 17.2 Å². The summed E-state index contributed by atoms with van der Waals surface area (Å²) in [7, 11) is 0. The molecule has 1 atom stereocenters. The molecule has 1 heterocycles. The number of aryl methyl sites for hydroxylation is 1. The molecule has 0 aliphatic heterocycles. The summed E-state index contributed by atoms with van der Waals surface area (Å²) < 4.78 is 142. The van der Waals surface area contributed by atoms with Crippen molar-refractivity contribution in [3.63, 3.8) is 0 Å². The Morgan fingerprint density at radius 3 is 2.06 bits per heavy atom. The zero-order chi connectivity index (χ0) is 39.5. The number of rotatable bonds is 15. The maximum absolute atomic E-state index is 14.8. The smallest absolute Gasteiger partial charge is 0.459 e. The Hall–Kier alpha value is -3.36. The van der Waals surface area contributed by atoms with Gasteiger partial charge < -0.3 is 13.9 Å². The summed E-state index contributed by atoms with van der Waals surface area (Å²) in [4.78, 5) is 25.5. The summed E-state index contributed by atoms with van der Waals surface area (Å²) >= 11 is 0.0709. The van der Waals surface area contributed by atoms with Crippen molar-refractivity contribution < 1.29 is 58.2 Å². The van der Waals surface area contributed by atoms with Crippen molar-refractivity contribution in [2.24, 2.45) is 16.7 Å². The van der Waals surface area contributed by atoms with Gasteiger partial charge >= 0.3 is 35.7 Å². The maximum Gasteiger partial charge on any atom is 0.573 e. The Kier molecular flexibility index (Phi) is 13.2. The Labute approximate surface area is 300 Å². The Bertz CT molecular complexity index is 1760. The van der Waals surface area contributed by atoms with Crippen molar-refractivity contribution in [1.82, 2.24) is 0 Å². The lowest BCUT2D eigenvalue weighted by Gasteiger charge is -2.35. The summed E-state index contributed by atoms with van der Waals surface area (Å²) in [5, 5.41) is 0.134. The van der Waals surface area contributed by atoms with E-state index in [1.807, 2.05) is 6.92 Å². The van der Waals surface area contributed by atoms with Crippen LogP contribution in [0.15, 0.2) is 56.6 Å². The first kappa shape index (κ1) is 43.0. The number of benzene rings is 2. The summed E-state index contributed by atoms with van der Waals surface area (Å²) in [6.07, 6.45) is -1.97. The van der Waals surface area contributed by atoms with Crippen LogP contribution in [0.25, 0.3) is 22.1 Å². The summed E-state index contributed by atoms with van der Waals surface area (Å²) in [6, 6.07) is 8.65. The number of hydrogen-bond donors (Lipinski definition) is 0. The third-order valence-electron chi connectivity index (χ3n) is 8.22. The zero-order valence-electron chi connectivity index (χ0n) is 29.9. The summed E-state index contributed by atoms with van der Waals surface area (Å²) in [6.45, 7) is 9.95. The second-order valence-electron chi connectivity index (χ2n) is 15.0. The number of halogens is 9. The van der Waals surface area contributed by atoms with Crippen LogP contribution < -0.4 is 10.4 Å². The molecule has 0 radical (unpaired) electrons. The van der Waals surface area contributed by atoms with Gasteiger partial charge in [-0.3, -0.25) is 4.79 Å². The number of hydrogen-bond acceptors (Lipinski definition) is 6. The fourth-order valence-electron chi connectivity index (χ4n) is 5.34. The van der Waals surface area contributed by atoms with Crippen LogP contribution in [0.5, 0.6) is 5.75 Å². The van der Waals surface area contributed by atoms with Gasteiger partial charge in [0.1, 0.15) is 11.3 Å². The highest BCUT2D eigenvalue weighted by Gasteiger charge is 2.71. The van der Waals surface area contributed by atoms with Crippen LogP contribution in [0, 0.1) is 16.7 Å². The molecule has 5 nitrogen and oxygen atoms in total. The van der Waals surface area contributed by atoms with Gasteiger partial charge in [-0.15, -0.1) is 24.9 Å². The first-order valence-corrected chi connectivity index (χ1v) is 17.6. The van der Waals surface area contributed by atoms with Crippen molar-refractivity contribution in [2.75, 3.05) is 12.4 Å². The summed E-state index contributed by atoms with van der Waals surface area (Å²) in [5.41, 5.74) is -2.57. The van der Waals surface area contributed by atoms with Crippen LogP contribution in [0.3, 0.4) is 0 Å². The number of unbranched alkanes of at least 4 members (excludes halogenated alkanes) is 2. The van der Waals surface area contributed by atoms with Crippen molar-refractivity contribution in [1.29, 1.82) is 0 Å². The van der Waals surface area contributed by atoms with Gasteiger partial charge in [-0.2, -0.15) is 26.3 Å². The van der Waals surface area contributed by atoms with Gasteiger partial charge in [0.2, 0.25) is 0 Å². The minimum Gasteiger partial charge on any atom is -0.459 e. The number of fused-ring (bicyclic) bond motifs is 1. The molecule has 0 aliphatic rings. The predicted octanol–water partition coefficient (Wildman–Crippen LogP) is 11.7. The number of esters is 1. The minimum absolute atomic E-state index is 0.0709. The van der Waals surface area contributed by atoms with E-state index in [1.165, 1.54) is 24.3 Å². The number of alkyl halides is 9. The topological polar surface area (TPSA) is 65.7 Å². The molecule has 290 valence electrons. The van der Waals surface area contributed by atoms with Crippen LogP contribution in [0.2, 0.25) is 0 Å². The van der Waals surface area contributed by atoms with E-state index in [-0.39, 0.29) is 45.2 Å². The average Bonchev–Trinajstić information content (AvgIpc) is 2.99. The monoisotopic (exact) mass is 770 g/mol. The number of carbonyl (C=O) groups is 1. The molecule has 0 aliphatic carbocycles. The van der Waals surface area contributed by atoms with Crippen LogP contribution in [-0.2, 0) is 16.0 Å². The third-order valence-corrected chi connectivity index (χ3v) is 9.31. The van der Waals surface area contributed by atoms with E-state index in [0.29, 0.717) is 12.0 Å². The Morgan fingerprint density at radius 2 is 1.48 bits per heavy atom. The molecule has 15 heteroatoms. The second-order valence-corrected chi connectivity index (χ2v) is 16.1. The van der Waals surface area contributed by atoms with E-state index in [4.69, 9.17) is 4.42 Å². The lowest BCUT2D eigenvalue weighted by molar-refractivity contribution is -0.310. The largest absolute Gasteiger partial charge is 0.573 e. The van der Waals surface area contributed by atoms with Gasteiger partial charge in [0.25, 0.3) is 0 Å². The van der Waals surface area contributed by atoms with Crippen molar-refractivity contribution in [3.05, 3.63) is 58.4 Å². The van der Waals surface area contributed by atoms with E-state index in [2.05, 4.69) is 9.47 Å². The Balaban J connectivity index is 1.81. The van der Waals surface area contributed by atoms with Gasteiger partial charge in [-0.25, -0.2) is 4.79 Å². The van der Waals surface area contributed by atoms with Gasteiger partial charge in [0.15, 0.2) is 6.61 Å². The molecular weight excluding hydrogens is 727 g/mol. The molecule has 2 aromatic carbocycles. The lowest BCUT2D eigenvalue weighted by Crippen LogP contribution is -2.57. The molecule has 0 saturated carbocycles. The fourth-order valence-corrected chi connectivity index (χ4v) is 6.23. The highest BCUT2D eigenvalue weighted by atomic mass is 32.2. The molecule has 0 amide bonds. The molecule has 0 fully saturated rings. The number of carbonyl (C=O) groups excluding carboxylic acids is 1. The molecule has 1 unspecified atom stereocenters. The fraction of sp³-hybridized carbons (Fsp3) is 0.568. The molecule has 0 N–H and O–H groups in total. The molecule has 52 heavy (non-hydrogen) atoms. The normalized spacial score (nSPS) is 14.1. The highest BCUT2D eigenvalue weighted by molar-refractivity contribution is 7.99. The standard InChI is InChI=1S/C37H43F9O5S/c1-8-9-10-11-22-12-15-25(29(16-22)51-37(44,45)46)26-17-23-13-14-24(18-28(23)50-30(26)47)52-21-35(40,41)36(42,43)34(38,39)20-49-31(48)27(33(5,6)7)19-32(2,3)4/h12-18,27H,8-11,19-21H2,1-7H3.